The molecular weight excluding hydrogens is 304 g/mol. The largest absolute Gasteiger partial charge is 0.338 e. The van der Waals surface area contributed by atoms with E-state index in [0.717, 1.165) is 0 Å². The molecule has 2 heterocycles. The smallest absolute Gasteiger partial charge is 0.237 e. The Morgan fingerprint density at radius 3 is 2.32 bits per heavy atom. The molecule has 1 fully saturated rings. The minimum absolute atomic E-state index is 0.0323. The van der Waals surface area contributed by atoms with Crippen molar-refractivity contribution in [1.29, 1.82) is 0 Å². The highest BCUT2D eigenvalue weighted by molar-refractivity contribution is 7.92. The molecule has 0 bridgehead atoms. The quantitative estimate of drug-likeness (QED) is 0.768. The van der Waals surface area contributed by atoms with Gasteiger partial charge in [-0.2, -0.15) is 0 Å². The van der Waals surface area contributed by atoms with Crippen LogP contribution < -0.4 is 4.90 Å². The molecule has 1 aliphatic rings. The zero-order chi connectivity index (χ0) is 16.2. The number of hydrogen-bond acceptors (Lipinski definition) is 6. The van der Waals surface area contributed by atoms with Crippen LogP contribution in [0.1, 0.15) is 13.8 Å². The van der Waals surface area contributed by atoms with Gasteiger partial charge in [-0.3, -0.25) is 4.79 Å². The van der Waals surface area contributed by atoms with E-state index in [9.17, 15) is 13.2 Å². The number of carbonyl (C=O) groups is 1. The topological polar surface area (TPSA) is 83.5 Å². The molecule has 1 aliphatic heterocycles. The molecule has 7 nitrogen and oxygen atoms in total. The zero-order valence-corrected chi connectivity index (χ0v) is 13.8. The van der Waals surface area contributed by atoms with E-state index in [0.29, 0.717) is 32.1 Å². The Bertz CT molecular complexity index is 596. The third-order valence-corrected chi connectivity index (χ3v) is 5.26. The minimum atomic E-state index is -3.32. The van der Waals surface area contributed by atoms with Gasteiger partial charge in [-0.25, -0.2) is 18.4 Å². The number of rotatable bonds is 5. The Kier molecular flexibility index (Phi) is 5.33. The number of amides is 1. The predicted molar refractivity (Wildman–Crippen MR) is 84.3 cm³/mol. The summed E-state index contributed by atoms with van der Waals surface area (Å²) >= 11 is 0. The average molecular weight is 326 g/mol. The SMILES string of the molecule is CC(C)CS(=O)(=O)CC(=O)N1CCN(c2ncccn2)CC1. The Morgan fingerprint density at radius 2 is 1.77 bits per heavy atom. The van der Waals surface area contributed by atoms with Gasteiger partial charge in [0.05, 0.1) is 5.75 Å². The predicted octanol–water partition coefficient (Wildman–Crippen LogP) is 0.196. The van der Waals surface area contributed by atoms with Gasteiger partial charge in [0.25, 0.3) is 0 Å². The lowest BCUT2D eigenvalue weighted by molar-refractivity contribution is -0.128. The summed E-state index contributed by atoms with van der Waals surface area (Å²) in [5.41, 5.74) is 0. The van der Waals surface area contributed by atoms with Gasteiger partial charge in [-0.1, -0.05) is 13.8 Å². The van der Waals surface area contributed by atoms with Gasteiger partial charge >= 0.3 is 0 Å². The highest BCUT2D eigenvalue weighted by atomic mass is 32.2. The van der Waals surface area contributed by atoms with E-state index in [1.54, 1.807) is 23.4 Å². The van der Waals surface area contributed by atoms with Gasteiger partial charge in [-0.15, -0.1) is 0 Å². The van der Waals surface area contributed by atoms with Crippen molar-refractivity contribution < 1.29 is 13.2 Å². The molecule has 0 radical (unpaired) electrons. The molecule has 1 amide bonds. The summed E-state index contributed by atoms with van der Waals surface area (Å²) < 4.78 is 23.8. The zero-order valence-electron chi connectivity index (χ0n) is 13.0. The number of anilines is 1. The lowest BCUT2D eigenvalue weighted by Gasteiger charge is -2.34. The molecule has 22 heavy (non-hydrogen) atoms. The lowest BCUT2D eigenvalue weighted by atomic mass is 10.3. The first kappa shape index (κ1) is 16.7. The van der Waals surface area contributed by atoms with Crippen LogP contribution in [0.15, 0.2) is 18.5 Å². The number of hydrogen-bond donors (Lipinski definition) is 0. The van der Waals surface area contributed by atoms with E-state index in [4.69, 9.17) is 0 Å². The van der Waals surface area contributed by atoms with Crippen molar-refractivity contribution in [2.75, 3.05) is 42.6 Å². The van der Waals surface area contributed by atoms with Crippen LogP contribution in [-0.4, -0.2) is 66.9 Å². The number of carbonyl (C=O) groups excluding carboxylic acids is 1. The number of piperazine rings is 1. The van der Waals surface area contributed by atoms with E-state index in [-0.39, 0.29) is 17.6 Å². The van der Waals surface area contributed by atoms with Crippen LogP contribution in [-0.2, 0) is 14.6 Å². The normalized spacial score (nSPS) is 16.1. The first-order chi connectivity index (χ1) is 10.4. The van der Waals surface area contributed by atoms with Crippen LogP contribution >= 0.6 is 0 Å². The summed E-state index contributed by atoms with van der Waals surface area (Å²) in [5.74, 6) is 0.0185. The van der Waals surface area contributed by atoms with E-state index in [1.165, 1.54) is 0 Å². The lowest BCUT2D eigenvalue weighted by Crippen LogP contribution is -2.50. The molecule has 0 atom stereocenters. The fourth-order valence-corrected chi connectivity index (χ4v) is 4.15. The Hall–Kier alpha value is -1.70. The molecule has 1 aromatic rings. The Labute approximate surface area is 131 Å². The van der Waals surface area contributed by atoms with Gasteiger partial charge in [0.15, 0.2) is 9.84 Å². The number of aromatic nitrogens is 2. The monoisotopic (exact) mass is 326 g/mol. The summed E-state index contributed by atoms with van der Waals surface area (Å²) in [5, 5.41) is 0. The number of nitrogens with zero attached hydrogens (tertiary/aromatic N) is 4. The summed E-state index contributed by atoms with van der Waals surface area (Å²) in [6, 6.07) is 1.75. The molecule has 0 saturated carbocycles. The molecule has 8 heteroatoms. The standard InChI is InChI=1S/C14H22N4O3S/c1-12(2)10-22(20,21)11-13(19)17-6-8-18(9-7-17)14-15-4-3-5-16-14/h3-5,12H,6-11H2,1-2H3. The van der Waals surface area contributed by atoms with E-state index in [2.05, 4.69) is 9.97 Å². The molecule has 0 spiro atoms. The van der Waals surface area contributed by atoms with Crippen LogP contribution in [0.5, 0.6) is 0 Å². The fraction of sp³-hybridized carbons (Fsp3) is 0.643. The minimum Gasteiger partial charge on any atom is -0.338 e. The molecule has 2 rings (SSSR count). The van der Waals surface area contributed by atoms with Crippen LogP contribution in [0.4, 0.5) is 5.95 Å². The molecule has 0 aliphatic carbocycles. The van der Waals surface area contributed by atoms with Crippen molar-refractivity contribution >= 4 is 21.7 Å². The molecular formula is C14H22N4O3S. The van der Waals surface area contributed by atoms with Gasteiger partial charge in [0.1, 0.15) is 5.75 Å². The molecule has 1 saturated heterocycles. The summed E-state index contributed by atoms with van der Waals surface area (Å²) in [4.78, 5) is 24.1. The van der Waals surface area contributed by atoms with Crippen molar-refractivity contribution in [2.45, 2.75) is 13.8 Å². The first-order valence-corrected chi connectivity index (χ1v) is 9.20. The second kappa shape index (κ2) is 7.04. The van der Waals surface area contributed by atoms with Crippen molar-refractivity contribution in [3.05, 3.63) is 18.5 Å². The van der Waals surface area contributed by atoms with Crippen LogP contribution in [0.3, 0.4) is 0 Å². The van der Waals surface area contributed by atoms with Crippen LogP contribution in [0.25, 0.3) is 0 Å². The second-order valence-electron chi connectivity index (χ2n) is 5.87. The van der Waals surface area contributed by atoms with E-state index >= 15 is 0 Å². The molecule has 0 aromatic carbocycles. The summed E-state index contributed by atoms with van der Waals surface area (Å²) in [6.45, 7) is 5.88. The van der Waals surface area contributed by atoms with Crippen molar-refractivity contribution in [3.8, 4) is 0 Å². The van der Waals surface area contributed by atoms with Crippen molar-refractivity contribution in [1.82, 2.24) is 14.9 Å². The van der Waals surface area contributed by atoms with Gasteiger partial charge in [0.2, 0.25) is 11.9 Å². The summed E-state index contributed by atoms with van der Waals surface area (Å²) in [6.07, 6.45) is 3.36. The van der Waals surface area contributed by atoms with Gasteiger partial charge < -0.3 is 9.80 Å². The van der Waals surface area contributed by atoms with E-state index < -0.39 is 15.6 Å². The maximum atomic E-state index is 12.1. The Morgan fingerprint density at radius 1 is 1.18 bits per heavy atom. The third kappa shape index (κ3) is 4.66. The van der Waals surface area contributed by atoms with E-state index in [1.807, 2.05) is 18.7 Å². The van der Waals surface area contributed by atoms with Gasteiger partial charge in [-0.05, 0) is 12.0 Å². The maximum absolute atomic E-state index is 12.1. The highest BCUT2D eigenvalue weighted by Gasteiger charge is 2.26. The third-order valence-electron chi connectivity index (χ3n) is 3.40. The first-order valence-electron chi connectivity index (χ1n) is 7.37. The fourth-order valence-electron chi connectivity index (χ4n) is 2.46. The Balaban J connectivity index is 1.88. The second-order valence-corrected chi connectivity index (χ2v) is 7.97. The average Bonchev–Trinajstić information content (AvgIpc) is 2.46. The number of sulfone groups is 1. The van der Waals surface area contributed by atoms with Crippen molar-refractivity contribution in [3.63, 3.8) is 0 Å². The van der Waals surface area contributed by atoms with Crippen molar-refractivity contribution in [2.24, 2.45) is 5.92 Å². The molecule has 1 aromatic heterocycles. The molecule has 122 valence electrons. The van der Waals surface area contributed by atoms with Crippen LogP contribution in [0.2, 0.25) is 0 Å². The molecule has 0 N–H and O–H groups in total. The molecule has 0 unspecified atom stereocenters. The summed E-state index contributed by atoms with van der Waals surface area (Å²) in [7, 11) is -3.32. The maximum Gasteiger partial charge on any atom is 0.237 e. The van der Waals surface area contributed by atoms with Crippen LogP contribution in [0, 0.1) is 5.92 Å². The van der Waals surface area contributed by atoms with Gasteiger partial charge in [0, 0.05) is 38.6 Å². The highest BCUT2D eigenvalue weighted by Crippen LogP contribution is 2.11.